The van der Waals surface area contributed by atoms with Crippen LogP contribution in [-0.2, 0) is 12.7 Å². The smallest absolute Gasteiger partial charge is 0.338 e. The molecule has 0 aliphatic heterocycles. The second-order valence-electron chi connectivity index (χ2n) is 5.21. The van der Waals surface area contributed by atoms with Gasteiger partial charge < -0.3 is 10.6 Å². The Morgan fingerprint density at radius 3 is 2.64 bits per heavy atom. The Kier molecular flexibility index (Phi) is 6.18. The van der Waals surface area contributed by atoms with Gasteiger partial charge in [0.15, 0.2) is 5.69 Å². The lowest BCUT2D eigenvalue weighted by atomic mass is 10.3. The third-order valence-corrected chi connectivity index (χ3v) is 4.00. The highest BCUT2D eigenvalue weighted by atomic mass is 35.5. The van der Waals surface area contributed by atoms with Crippen LogP contribution in [0.5, 0.6) is 0 Å². The van der Waals surface area contributed by atoms with Gasteiger partial charge in [-0.1, -0.05) is 29.3 Å². The monoisotopic (exact) mass is 394 g/mol. The van der Waals surface area contributed by atoms with E-state index in [-0.39, 0.29) is 18.8 Å². The Labute approximate surface area is 152 Å². The summed E-state index contributed by atoms with van der Waals surface area (Å²) in [6.45, 7) is 1.91. The number of aromatic nitrogens is 2. The van der Waals surface area contributed by atoms with Crippen LogP contribution in [0.2, 0.25) is 10.0 Å². The molecule has 1 aromatic heterocycles. The molecule has 136 valence electrons. The van der Waals surface area contributed by atoms with E-state index in [1.54, 1.807) is 24.3 Å². The molecular weight excluding hydrogens is 380 g/mol. The topological polar surface area (TPSA) is 59.0 Å². The van der Waals surface area contributed by atoms with Gasteiger partial charge in [0, 0.05) is 23.8 Å². The predicted octanol–water partition coefficient (Wildman–Crippen LogP) is 4.73. The molecule has 2 amide bonds. The Hall–Kier alpha value is -1.93. The molecule has 0 fully saturated rings. The number of urea groups is 1. The second-order valence-corrected chi connectivity index (χ2v) is 6.03. The average Bonchev–Trinajstić information content (AvgIpc) is 2.80. The van der Waals surface area contributed by atoms with Crippen LogP contribution < -0.4 is 10.6 Å². The molecule has 0 aliphatic rings. The van der Waals surface area contributed by atoms with Gasteiger partial charge in [0.05, 0.1) is 10.7 Å². The lowest BCUT2D eigenvalue weighted by Crippen LogP contribution is -2.30. The van der Waals surface area contributed by atoms with Crippen LogP contribution in [0.1, 0.15) is 17.8 Å². The molecular formula is C15H15Cl2F3N4O. The van der Waals surface area contributed by atoms with Gasteiger partial charge in [-0.25, -0.2) is 4.79 Å². The molecule has 5 nitrogen and oxygen atoms in total. The molecule has 1 heterocycles. The summed E-state index contributed by atoms with van der Waals surface area (Å²) in [7, 11) is 0. The van der Waals surface area contributed by atoms with Gasteiger partial charge in [-0.05, 0) is 31.5 Å². The number of nitrogens with one attached hydrogen (secondary N) is 2. The highest BCUT2D eigenvalue weighted by Crippen LogP contribution is 2.35. The lowest BCUT2D eigenvalue weighted by molar-refractivity contribution is -0.141. The van der Waals surface area contributed by atoms with Crippen molar-refractivity contribution in [1.29, 1.82) is 0 Å². The van der Waals surface area contributed by atoms with Crippen LogP contribution in [0.15, 0.2) is 24.3 Å². The summed E-state index contributed by atoms with van der Waals surface area (Å²) in [4.78, 5) is 11.7. The molecule has 0 bridgehead atoms. The molecule has 0 saturated carbocycles. The molecule has 2 N–H and O–H groups in total. The summed E-state index contributed by atoms with van der Waals surface area (Å²) in [6, 6.07) is 6.21. The van der Waals surface area contributed by atoms with Gasteiger partial charge in [-0.2, -0.15) is 18.3 Å². The summed E-state index contributed by atoms with van der Waals surface area (Å²) < 4.78 is 39.4. The van der Waals surface area contributed by atoms with E-state index in [2.05, 4.69) is 15.7 Å². The fourth-order valence-corrected chi connectivity index (χ4v) is 2.53. The Morgan fingerprint density at radius 1 is 1.32 bits per heavy atom. The maximum absolute atomic E-state index is 12.7. The van der Waals surface area contributed by atoms with Crippen molar-refractivity contribution >= 4 is 34.9 Å². The van der Waals surface area contributed by atoms with Crippen LogP contribution in [0.4, 0.5) is 23.7 Å². The number of aryl methyl sites for hydroxylation is 1. The zero-order valence-electron chi connectivity index (χ0n) is 13.1. The first-order valence-electron chi connectivity index (χ1n) is 7.29. The van der Waals surface area contributed by atoms with Crippen LogP contribution in [0.25, 0.3) is 0 Å². The molecule has 0 atom stereocenters. The van der Waals surface area contributed by atoms with Gasteiger partial charge in [-0.15, -0.1) is 0 Å². The van der Waals surface area contributed by atoms with Gasteiger partial charge in [0.1, 0.15) is 0 Å². The van der Waals surface area contributed by atoms with Crippen LogP contribution in [-0.4, -0.2) is 22.4 Å². The van der Waals surface area contributed by atoms with E-state index in [9.17, 15) is 18.0 Å². The van der Waals surface area contributed by atoms with E-state index in [4.69, 9.17) is 23.2 Å². The highest BCUT2D eigenvalue weighted by molar-refractivity contribution is 6.32. The number of amides is 2. The number of hydrogen-bond acceptors (Lipinski definition) is 2. The second kappa shape index (κ2) is 7.97. The van der Waals surface area contributed by atoms with E-state index < -0.39 is 22.9 Å². The van der Waals surface area contributed by atoms with Crippen LogP contribution in [0.3, 0.4) is 0 Å². The number of carbonyl (C=O) groups excluding carboxylic acids is 1. The van der Waals surface area contributed by atoms with E-state index >= 15 is 0 Å². The van der Waals surface area contributed by atoms with Gasteiger partial charge in [0.2, 0.25) is 0 Å². The molecule has 10 heteroatoms. The maximum Gasteiger partial charge on any atom is 0.436 e. The number of rotatable bonds is 5. The molecule has 2 rings (SSSR count). The van der Waals surface area contributed by atoms with Gasteiger partial charge >= 0.3 is 12.2 Å². The van der Waals surface area contributed by atoms with Crippen molar-refractivity contribution in [3.63, 3.8) is 0 Å². The summed E-state index contributed by atoms with van der Waals surface area (Å²) in [5.41, 5.74) is -0.329. The molecule has 0 saturated heterocycles. The molecule has 1 aromatic carbocycles. The zero-order valence-corrected chi connectivity index (χ0v) is 14.6. The normalized spacial score (nSPS) is 11.4. The van der Waals surface area contributed by atoms with Crippen molar-refractivity contribution in [2.75, 3.05) is 11.9 Å². The fraction of sp³-hybridized carbons (Fsp3) is 0.333. The molecule has 0 unspecified atom stereocenters. The Balaban J connectivity index is 1.82. The number of nitrogens with zero attached hydrogens (tertiary/aromatic N) is 2. The zero-order chi connectivity index (χ0) is 18.6. The average molecular weight is 395 g/mol. The van der Waals surface area contributed by atoms with Crippen LogP contribution >= 0.6 is 23.2 Å². The van der Waals surface area contributed by atoms with Crippen molar-refractivity contribution in [3.8, 4) is 0 Å². The number of halogens is 5. The fourth-order valence-electron chi connectivity index (χ4n) is 2.10. The number of carbonyl (C=O) groups is 1. The Morgan fingerprint density at radius 2 is 2.04 bits per heavy atom. The summed E-state index contributed by atoms with van der Waals surface area (Å²) >= 11 is 11.5. The first-order chi connectivity index (χ1) is 11.7. The quantitative estimate of drug-likeness (QED) is 0.720. The van der Waals surface area contributed by atoms with Gasteiger partial charge in [0.25, 0.3) is 0 Å². The predicted molar refractivity (Wildman–Crippen MR) is 90.1 cm³/mol. The Bertz CT molecular complexity index is 762. The largest absolute Gasteiger partial charge is 0.436 e. The minimum atomic E-state index is -4.60. The third-order valence-electron chi connectivity index (χ3n) is 3.32. The number of alkyl halides is 3. The standard InChI is InChI=1S/C15H15Cl2F3N4O/c1-9-12(17)13(15(18,19)20)23-24(9)7-3-6-21-14(25)22-11-5-2-4-10(16)8-11/h2,4-5,8H,3,6-7H2,1H3,(H2,21,22,25). The molecule has 0 radical (unpaired) electrons. The molecule has 25 heavy (non-hydrogen) atoms. The van der Waals surface area contributed by atoms with E-state index in [0.717, 1.165) is 0 Å². The van der Waals surface area contributed by atoms with Crippen molar-refractivity contribution in [2.45, 2.75) is 26.1 Å². The van der Waals surface area contributed by atoms with Crippen molar-refractivity contribution in [1.82, 2.24) is 15.1 Å². The molecule has 2 aromatic rings. The lowest BCUT2D eigenvalue weighted by Gasteiger charge is -2.08. The SMILES string of the molecule is Cc1c(Cl)c(C(F)(F)F)nn1CCCNC(=O)Nc1cccc(Cl)c1. The maximum atomic E-state index is 12.7. The number of anilines is 1. The van der Waals surface area contributed by atoms with Crippen molar-refractivity contribution in [2.24, 2.45) is 0 Å². The first kappa shape index (κ1) is 19.4. The number of hydrogen-bond donors (Lipinski definition) is 2. The minimum absolute atomic E-state index is 0.194. The van der Waals surface area contributed by atoms with E-state index in [0.29, 0.717) is 17.1 Å². The van der Waals surface area contributed by atoms with E-state index in [1.807, 2.05) is 0 Å². The van der Waals surface area contributed by atoms with Crippen LogP contribution in [0, 0.1) is 6.92 Å². The summed E-state index contributed by atoms with van der Waals surface area (Å²) in [5.74, 6) is 0. The first-order valence-corrected chi connectivity index (χ1v) is 8.04. The van der Waals surface area contributed by atoms with Crippen molar-refractivity contribution in [3.05, 3.63) is 45.7 Å². The summed E-state index contributed by atoms with van der Waals surface area (Å²) in [5, 5.41) is 8.78. The van der Waals surface area contributed by atoms with E-state index in [1.165, 1.54) is 11.6 Å². The number of benzene rings is 1. The summed E-state index contributed by atoms with van der Waals surface area (Å²) in [6.07, 6.45) is -4.21. The van der Waals surface area contributed by atoms with Gasteiger partial charge in [-0.3, -0.25) is 4.68 Å². The molecule has 0 aliphatic carbocycles. The molecule has 0 spiro atoms. The highest BCUT2D eigenvalue weighted by Gasteiger charge is 2.38. The third kappa shape index (κ3) is 5.27. The van der Waals surface area contributed by atoms with Crippen molar-refractivity contribution < 1.29 is 18.0 Å². The minimum Gasteiger partial charge on any atom is -0.338 e.